The zero-order valence-corrected chi connectivity index (χ0v) is 12.9. The van der Waals surface area contributed by atoms with Crippen LogP contribution < -0.4 is 5.32 Å². The van der Waals surface area contributed by atoms with Crippen molar-refractivity contribution >= 4 is 0 Å². The number of piperidine rings is 1. The Bertz CT molecular complexity index is 261. The van der Waals surface area contributed by atoms with Gasteiger partial charge in [0.1, 0.15) is 0 Å². The number of hydrogen-bond donors (Lipinski definition) is 2. The molecule has 1 aliphatic heterocycles. The summed E-state index contributed by atoms with van der Waals surface area (Å²) in [6, 6.07) is 0.714. The molecule has 0 radical (unpaired) electrons. The molecule has 1 saturated carbocycles. The first kappa shape index (κ1) is 15.3. The van der Waals surface area contributed by atoms with Gasteiger partial charge in [-0.15, -0.1) is 0 Å². The fourth-order valence-corrected chi connectivity index (χ4v) is 4.03. The molecule has 2 rings (SSSR count). The van der Waals surface area contributed by atoms with Gasteiger partial charge in [0.2, 0.25) is 0 Å². The number of nitrogens with one attached hydrogen (secondary N) is 1. The maximum atomic E-state index is 9.67. The van der Waals surface area contributed by atoms with Crippen molar-refractivity contribution in [3.05, 3.63) is 0 Å². The molecular formula is C16H32N2O. The fourth-order valence-electron chi connectivity index (χ4n) is 4.03. The summed E-state index contributed by atoms with van der Waals surface area (Å²) in [5, 5.41) is 13.2. The average Bonchev–Trinajstić information content (AvgIpc) is 2.39. The highest BCUT2D eigenvalue weighted by atomic mass is 16.3. The largest absolute Gasteiger partial charge is 0.393 e. The Morgan fingerprint density at radius 1 is 1.21 bits per heavy atom. The lowest BCUT2D eigenvalue weighted by molar-refractivity contribution is 0.0577. The summed E-state index contributed by atoms with van der Waals surface area (Å²) in [5.74, 6) is 2.24. The smallest absolute Gasteiger partial charge is 0.0541 e. The van der Waals surface area contributed by atoms with Crippen LogP contribution >= 0.6 is 0 Å². The molecule has 1 heterocycles. The zero-order chi connectivity index (χ0) is 13.8. The summed E-state index contributed by atoms with van der Waals surface area (Å²) < 4.78 is 0. The normalized spacial score (nSPS) is 36.3. The van der Waals surface area contributed by atoms with Crippen LogP contribution in [0, 0.1) is 17.8 Å². The number of rotatable bonds is 4. The lowest BCUT2D eigenvalue weighted by atomic mass is 9.78. The van der Waals surface area contributed by atoms with E-state index in [0.717, 1.165) is 11.8 Å². The number of hydrogen-bond acceptors (Lipinski definition) is 3. The minimum Gasteiger partial charge on any atom is -0.393 e. The monoisotopic (exact) mass is 268 g/mol. The zero-order valence-electron chi connectivity index (χ0n) is 12.9. The average molecular weight is 268 g/mol. The minimum atomic E-state index is -0.123. The van der Waals surface area contributed by atoms with Gasteiger partial charge in [0, 0.05) is 12.6 Å². The number of aliphatic hydroxyl groups excluding tert-OH is 1. The third kappa shape index (κ3) is 4.17. The van der Waals surface area contributed by atoms with Crippen LogP contribution in [0.4, 0.5) is 0 Å². The first-order chi connectivity index (χ1) is 9.10. The Kier molecular flexibility index (Phi) is 5.67. The van der Waals surface area contributed by atoms with Crippen molar-refractivity contribution in [1.29, 1.82) is 0 Å². The number of likely N-dealkylation sites (tertiary alicyclic amines) is 1. The van der Waals surface area contributed by atoms with Gasteiger partial charge in [0.15, 0.2) is 0 Å². The van der Waals surface area contributed by atoms with E-state index < -0.39 is 0 Å². The van der Waals surface area contributed by atoms with Crippen molar-refractivity contribution in [2.45, 2.75) is 58.1 Å². The highest BCUT2D eigenvalue weighted by Gasteiger charge is 2.30. The molecule has 0 aromatic heterocycles. The Balaban J connectivity index is 1.80. The summed E-state index contributed by atoms with van der Waals surface area (Å²) in [7, 11) is 2.12. The molecule has 2 N–H and O–H groups in total. The van der Waals surface area contributed by atoms with Crippen LogP contribution in [-0.2, 0) is 0 Å². The molecule has 4 atom stereocenters. The first-order valence-corrected chi connectivity index (χ1v) is 8.17. The van der Waals surface area contributed by atoms with E-state index in [2.05, 4.69) is 24.2 Å². The van der Waals surface area contributed by atoms with Gasteiger partial charge in [0.05, 0.1) is 6.10 Å². The van der Waals surface area contributed by atoms with Crippen LogP contribution in [0.5, 0.6) is 0 Å². The summed E-state index contributed by atoms with van der Waals surface area (Å²) in [5.41, 5.74) is 0. The van der Waals surface area contributed by atoms with Crippen molar-refractivity contribution in [3.8, 4) is 0 Å². The maximum absolute atomic E-state index is 9.67. The van der Waals surface area contributed by atoms with E-state index in [-0.39, 0.29) is 6.10 Å². The third-order valence-electron chi connectivity index (χ3n) is 5.42. The number of aliphatic hydroxyl groups is 1. The highest BCUT2D eigenvalue weighted by Crippen LogP contribution is 2.31. The van der Waals surface area contributed by atoms with E-state index in [0.29, 0.717) is 12.0 Å². The molecular weight excluding hydrogens is 236 g/mol. The quantitative estimate of drug-likeness (QED) is 0.820. The number of nitrogens with zero attached hydrogens (tertiary/aromatic N) is 1. The maximum Gasteiger partial charge on any atom is 0.0541 e. The van der Waals surface area contributed by atoms with E-state index in [1.807, 2.05) is 6.92 Å². The predicted molar refractivity (Wildman–Crippen MR) is 80.2 cm³/mol. The summed E-state index contributed by atoms with van der Waals surface area (Å²) in [6.07, 6.45) is 6.32. The molecule has 0 amide bonds. The minimum absolute atomic E-state index is 0.123. The molecule has 0 spiro atoms. The van der Waals surface area contributed by atoms with Crippen LogP contribution in [0.2, 0.25) is 0 Å². The Labute approximate surface area is 118 Å². The standard InChI is InChI=1S/C16H32N2O/c1-12-4-5-16(17-3)15(10-12)11-18-8-6-14(7-9-18)13(2)19/h12-17,19H,4-11H2,1-3H3. The second kappa shape index (κ2) is 7.05. The molecule has 0 bridgehead atoms. The second-order valence-electron chi connectivity index (χ2n) is 6.95. The van der Waals surface area contributed by atoms with Crippen LogP contribution in [0.1, 0.15) is 46.0 Å². The molecule has 2 aliphatic rings. The van der Waals surface area contributed by atoms with E-state index in [9.17, 15) is 5.11 Å². The molecule has 19 heavy (non-hydrogen) atoms. The third-order valence-corrected chi connectivity index (χ3v) is 5.42. The van der Waals surface area contributed by atoms with Gasteiger partial charge < -0.3 is 15.3 Å². The molecule has 3 heteroatoms. The van der Waals surface area contributed by atoms with Crippen molar-refractivity contribution in [2.24, 2.45) is 17.8 Å². The van der Waals surface area contributed by atoms with Crippen molar-refractivity contribution < 1.29 is 5.11 Å². The molecule has 3 nitrogen and oxygen atoms in total. The van der Waals surface area contributed by atoms with Crippen molar-refractivity contribution in [3.63, 3.8) is 0 Å². The SMILES string of the molecule is CNC1CCC(C)CC1CN1CCC(C(C)O)CC1. The van der Waals surface area contributed by atoms with E-state index in [4.69, 9.17) is 0 Å². The van der Waals surface area contributed by atoms with E-state index in [1.54, 1.807) is 0 Å². The molecule has 2 fully saturated rings. The highest BCUT2D eigenvalue weighted by molar-refractivity contribution is 4.86. The van der Waals surface area contributed by atoms with Gasteiger partial charge in [-0.3, -0.25) is 0 Å². The lowest BCUT2D eigenvalue weighted by Crippen LogP contribution is -2.46. The Morgan fingerprint density at radius 3 is 2.47 bits per heavy atom. The molecule has 1 aliphatic carbocycles. The molecule has 112 valence electrons. The molecule has 4 unspecified atom stereocenters. The predicted octanol–water partition coefficient (Wildman–Crippen LogP) is 2.10. The molecule has 1 saturated heterocycles. The van der Waals surface area contributed by atoms with Gasteiger partial charge in [0.25, 0.3) is 0 Å². The van der Waals surface area contributed by atoms with Crippen molar-refractivity contribution in [2.75, 3.05) is 26.7 Å². The van der Waals surface area contributed by atoms with Crippen LogP contribution in [0.25, 0.3) is 0 Å². The summed E-state index contributed by atoms with van der Waals surface area (Å²) >= 11 is 0. The van der Waals surface area contributed by atoms with Gasteiger partial charge in [-0.05, 0) is 76.9 Å². The topological polar surface area (TPSA) is 35.5 Å². The first-order valence-electron chi connectivity index (χ1n) is 8.17. The fraction of sp³-hybridized carbons (Fsp3) is 1.00. The summed E-state index contributed by atoms with van der Waals surface area (Å²) in [4.78, 5) is 2.63. The van der Waals surface area contributed by atoms with Gasteiger partial charge >= 0.3 is 0 Å². The second-order valence-corrected chi connectivity index (χ2v) is 6.95. The Morgan fingerprint density at radius 2 is 1.89 bits per heavy atom. The molecule has 0 aromatic rings. The van der Waals surface area contributed by atoms with Crippen LogP contribution in [-0.4, -0.2) is 48.8 Å². The van der Waals surface area contributed by atoms with Gasteiger partial charge in [-0.2, -0.15) is 0 Å². The van der Waals surface area contributed by atoms with Gasteiger partial charge in [-0.1, -0.05) is 6.92 Å². The van der Waals surface area contributed by atoms with Crippen molar-refractivity contribution in [1.82, 2.24) is 10.2 Å². The van der Waals surface area contributed by atoms with Gasteiger partial charge in [-0.25, -0.2) is 0 Å². The van der Waals surface area contributed by atoms with Crippen LogP contribution in [0.15, 0.2) is 0 Å². The van der Waals surface area contributed by atoms with E-state index in [1.165, 1.54) is 51.7 Å². The summed E-state index contributed by atoms with van der Waals surface area (Å²) in [6.45, 7) is 7.95. The Hall–Kier alpha value is -0.120. The molecule has 0 aromatic carbocycles. The van der Waals surface area contributed by atoms with Crippen LogP contribution in [0.3, 0.4) is 0 Å². The lowest BCUT2D eigenvalue weighted by Gasteiger charge is -2.40. The van der Waals surface area contributed by atoms with E-state index >= 15 is 0 Å².